The molecule has 1 atom stereocenters. The number of amides is 2. The molecule has 1 saturated heterocycles. The van der Waals surface area contributed by atoms with Crippen LogP contribution in [0.3, 0.4) is 0 Å². The first kappa shape index (κ1) is 23.0. The van der Waals surface area contributed by atoms with Crippen molar-refractivity contribution in [2.45, 2.75) is 59.1 Å². The van der Waals surface area contributed by atoms with Gasteiger partial charge in [-0.25, -0.2) is 9.18 Å². The molecule has 1 aromatic rings. The van der Waals surface area contributed by atoms with Crippen molar-refractivity contribution < 1.29 is 23.5 Å². The lowest BCUT2D eigenvalue weighted by atomic mass is 9.97. The number of carbonyl (C=O) groups is 2. The molecule has 2 amide bonds. The topological polar surface area (TPSA) is 59.1 Å². The van der Waals surface area contributed by atoms with Gasteiger partial charge in [-0.2, -0.15) is 0 Å². The smallest absolute Gasteiger partial charge is 0.410 e. The van der Waals surface area contributed by atoms with E-state index in [4.69, 9.17) is 9.47 Å². The summed E-state index contributed by atoms with van der Waals surface area (Å²) in [6, 6.07) is 6.04. The van der Waals surface area contributed by atoms with Gasteiger partial charge in [-0.3, -0.25) is 4.79 Å². The molecule has 0 spiro atoms. The van der Waals surface area contributed by atoms with E-state index < -0.39 is 11.4 Å². The summed E-state index contributed by atoms with van der Waals surface area (Å²) in [5, 5.41) is 0. The van der Waals surface area contributed by atoms with E-state index in [1.807, 2.05) is 34.6 Å². The van der Waals surface area contributed by atoms with Crippen LogP contribution in [0.15, 0.2) is 24.3 Å². The molecule has 1 fully saturated rings. The van der Waals surface area contributed by atoms with Crippen LogP contribution in [-0.4, -0.2) is 59.7 Å². The Morgan fingerprint density at radius 2 is 1.97 bits per heavy atom. The van der Waals surface area contributed by atoms with Crippen LogP contribution in [-0.2, 0) is 9.53 Å². The number of nitrogens with zero attached hydrogens (tertiary/aromatic N) is 2. The molecule has 1 aliphatic rings. The second kappa shape index (κ2) is 9.94. The Labute approximate surface area is 172 Å². The van der Waals surface area contributed by atoms with E-state index in [1.165, 1.54) is 12.1 Å². The van der Waals surface area contributed by atoms with Gasteiger partial charge in [-0.05, 0) is 65.5 Å². The quantitative estimate of drug-likeness (QED) is 0.711. The summed E-state index contributed by atoms with van der Waals surface area (Å²) in [6.45, 7) is 11.0. The predicted molar refractivity (Wildman–Crippen MR) is 109 cm³/mol. The Morgan fingerprint density at radius 3 is 2.59 bits per heavy atom. The molecule has 0 saturated carbocycles. The molecule has 1 aliphatic heterocycles. The fraction of sp³-hybridized carbons (Fsp3) is 0.636. The van der Waals surface area contributed by atoms with Crippen LogP contribution in [0.2, 0.25) is 0 Å². The number of para-hydroxylation sites is 1. The Morgan fingerprint density at radius 1 is 1.28 bits per heavy atom. The van der Waals surface area contributed by atoms with Gasteiger partial charge >= 0.3 is 6.09 Å². The predicted octanol–water partition coefficient (Wildman–Crippen LogP) is 4.09. The van der Waals surface area contributed by atoms with Crippen molar-refractivity contribution in [2.75, 3.05) is 26.2 Å². The standard InChI is InChI=1S/C22H33FN2O4/c1-16(2)25(21(27)29-22(3,4)5)14-17-9-8-12-24(13-17)20(26)15-28-19-11-7-6-10-18(19)23/h6-7,10-11,16-17H,8-9,12-15H2,1-5H3. The van der Waals surface area contributed by atoms with Crippen LogP contribution in [0, 0.1) is 11.7 Å². The lowest BCUT2D eigenvalue weighted by Gasteiger charge is -2.37. The Balaban J connectivity index is 1.92. The van der Waals surface area contributed by atoms with Crippen LogP contribution < -0.4 is 4.74 Å². The van der Waals surface area contributed by atoms with Crippen LogP contribution >= 0.6 is 0 Å². The summed E-state index contributed by atoms with van der Waals surface area (Å²) < 4.78 is 24.5. The van der Waals surface area contributed by atoms with Crippen molar-refractivity contribution in [3.63, 3.8) is 0 Å². The molecular weight excluding hydrogens is 375 g/mol. The number of halogens is 1. The zero-order chi connectivity index (χ0) is 21.6. The lowest BCUT2D eigenvalue weighted by molar-refractivity contribution is -0.135. The highest BCUT2D eigenvalue weighted by Gasteiger charge is 2.30. The van der Waals surface area contributed by atoms with E-state index in [-0.39, 0.29) is 36.3 Å². The van der Waals surface area contributed by atoms with Gasteiger partial charge in [0.05, 0.1) is 0 Å². The number of rotatable bonds is 6. The van der Waals surface area contributed by atoms with Gasteiger partial charge in [0.1, 0.15) is 5.60 Å². The van der Waals surface area contributed by atoms with Crippen molar-refractivity contribution in [3.8, 4) is 5.75 Å². The third-order valence-electron chi connectivity index (χ3n) is 4.77. The number of hydrogen-bond acceptors (Lipinski definition) is 4. The molecule has 1 heterocycles. The van der Waals surface area contributed by atoms with Gasteiger partial charge < -0.3 is 19.3 Å². The number of hydrogen-bond donors (Lipinski definition) is 0. The number of piperidine rings is 1. The fourth-order valence-electron chi connectivity index (χ4n) is 3.33. The third kappa shape index (κ3) is 7.22. The SMILES string of the molecule is CC(C)N(CC1CCCN(C(=O)COc2ccccc2F)C1)C(=O)OC(C)(C)C. The minimum Gasteiger partial charge on any atom is -0.481 e. The van der Waals surface area contributed by atoms with Crippen molar-refractivity contribution in [1.82, 2.24) is 9.80 Å². The maximum Gasteiger partial charge on any atom is 0.410 e. The maximum absolute atomic E-state index is 13.7. The largest absolute Gasteiger partial charge is 0.481 e. The Hall–Kier alpha value is -2.31. The molecule has 0 N–H and O–H groups in total. The van der Waals surface area contributed by atoms with Crippen LogP contribution in [0.5, 0.6) is 5.75 Å². The van der Waals surface area contributed by atoms with Crippen LogP contribution in [0.4, 0.5) is 9.18 Å². The highest BCUT2D eigenvalue weighted by molar-refractivity contribution is 5.78. The van der Waals surface area contributed by atoms with Crippen LogP contribution in [0.1, 0.15) is 47.5 Å². The first-order valence-electron chi connectivity index (χ1n) is 10.2. The van der Waals surface area contributed by atoms with Gasteiger partial charge in [-0.15, -0.1) is 0 Å². The highest BCUT2D eigenvalue weighted by atomic mass is 19.1. The summed E-state index contributed by atoms with van der Waals surface area (Å²) in [5.41, 5.74) is -0.553. The van der Waals surface area contributed by atoms with Crippen molar-refractivity contribution >= 4 is 12.0 Å². The molecule has 1 unspecified atom stereocenters. The molecule has 1 aromatic carbocycles. The maximum atomic E-state index is 13.7. The summed E-state index contributed by atoms with van der Waals surface area (Å²) in [4.78, 5) is 28.6. The number of carbonyl (C=O) groups excluding carboxylic acids is 2. The third-order valence-corrected chi connectivity index (χ3v) is 4.77. The molecule has 7 heteroatoms. The average Bonchev–Trinajstić information content (AvgIpc) is 2.63. The van der Waals surface area contributed by atoms with Gasteiger partial charge in [0, 0.05) is 25.7 Å². The second-order valence-corrected chi connectivity index (χ2v) is 8.79. The van der Waals surface area contributed by atoms with E-state index in [0.29, 0.717) is 19.6 Å². The van der Waals surface area contributed by atoms with E-state index >= 15 is 0 Å². The van der Waals surface area contributed by atoms with E-state index in [2.05, 4.69) is 0 Å². The van der Waals surface area contributed by atoms with Gasteiger partial charge in [-0.1, -0.05) is 12.1 Å². The number of ether oxygens (including phenoxy) is 2. The summed E-state index contributed by atoms with van der Waals surface area (Å²) in [6.07, 6.45) is 1.46. The average molecular weight is 409 g/mol. The fourth-order valence-corrected chi connectivity index (χ4v) is 3.33. The second-order valence-electron chi connectivity index (χ2n) is 8.79. The molecule has 162 valence electrons. The first-order valence-corrected chi connectivity index (χ1v) is 10.2. The summed E-state index contributed by atoms with van der Waals surface area (Å²) in [5.74, 6) is -0.422. The highest BCUT2D eigenvalue weighted by Crippen LogP contribution is 2.21. The number of benzene rings is 1. The Kier molecular flexibility index (Phi) is 7.88. The zero-order valence-electron chi connectivity index (χ0n) is 18.1. The Bertz CT molecular complexity index is 702. The molecule has 0 aromatic heterocycles. The van der Waals surface area contributed by atoms with Crippen molar-refractivity contribution in [2.24, 2.45) is 5.92 Å². The van der Waals surface area contributed by atoms with Crippen molar-refractivity contribution in [3.05, 3.63) is 30.1 Å². The van der Waals surface area contributed by atoms with Crippen molar-refractivity contribution in [1.29, 1.82) is 0 Å². The molecule has 2 rings (SSSR count). The first-order chi connectivity index (χ1) is 13.6. The monoisotopic (exact) mass is 408 g/mol. The minimum atomic E-state index is -0.553. The number of likely N-dealkylation sites (tertiary alicyclic amines) is 1. The van der Waals surface area contributed by atoms with E-state index in [9.17, 15) is 14.0 Å². The summed E-state index contributed by atoms with van der Waals surface area (Å²) in [7, 11) is 0. The summed E-state index contributed by atoms with van der Waals surface area (Å²) >= 11 is 0. The van der Waals surface area contributed by atoms with E-state index in [1.54, 1.807) is 21.9 Å². The molecule has 6 nitrogen and oxygen atoms in total. The molecular formula is C22H33FN2O4. The zero-order valence-corrected chi connectivity index (χ0v) is 18.1. The van der Waals surface area contributed by atoms with Gasteiger partial charge in [0.2, 0.25) is 0 Å². The van der Waals surface area contributed by atoms with Gasteiger partial charge in [0.15, 0.2) is 18.2 Å². The van der Waals surface area contributed by atoms with Gasteiger partial charge in [0.25, 0.3) is 5.91 Å². The molecule has 0 aliphatic carbocycles. The minimum absolute atomic E-state index is 0.000294. The molecule has 0 radical (unpaired) electrons. The molecule has 29 heavy (non-hydrogen) atoms. The normalized spacial score (nSPS) is 17.2. The lowest BCUT2D eigenvalue weighted by Crippen LogP contribution is -2.48. The van der Waals surface area contributed by atoms with E-state index in [0.717, 1.165) is 12.8 Å². The molecule has 0 bridgehead atoms. The van der Waals surface area contributed by atoms with Crippen LogP contribution in [0.25, 0.3) is 0 Å².